The van der Waals surface area contributed by atoms with Gasteiger partial charge in [-0.2, -0.15) is 0 Å². The van der Waals surface area contributed by atoms with E-state index in [2.05, 4.69) is 149 Å². The highest BCUT2D eigenvalue weighted by Gasteiger charge is 2.40. The van der Waals surface area contributed by atoms with E-state index in [0.29, 0.717) is 0 Å². The fourth-order valence-corrected chi connectivity index (χ4v) is 8.14. The maximum Gasteiger partial charge on any atom is 0.260 e. The highest BCUT2D eigenvalue weighted by Crippen LogP contribution is 2.42. The molecule has 11 rings (SSSR count). The molecule has 0 radical (unpaired) electrons. The van der Waals surface area contributed by atoms with Crippen molar-refractivity contribution in [2.45, 2.75) is 0 Å². The number of hydrogen-bond donors (Lipinski definition) is 0. The lowest BCUT2D eigenvalue weighted by molar-refractivity contribution is 0.464. The van der Waals surface area contributed by atoms with Gasteiger partial charge in [-0.1, -0.05) is 103 Å². The Morgan fingerprint density at radius 1 is 0.404 bits per heavy atom. The summed E-state index contributed by atoms with van der Waals surface area (Å²) in [6.45, 7) is 0.0373. The van der Waals surface area contributed by atoms with Gasteiger partial charge in [0, 0.05) is 39.1 Å². The first-order chi connectivity index (χ1) is 23.3. The summed E-state index contributed by atoms with van der Waals surface area (Å²) in [5, 5.41) is 4.88. The fourth-order valence-electron chi connectivity index (χ4n) is 8.14. The zero-order chi connectivity index (χ0) is 30.6. The van der Waals surface area contributed by atoms with Gasteiger partial charge < -0.3 is 18.6 Å². The lowest BCUT2D eigenvalue weighted by Gasteiger charge is -2.33. The van der Waals surface area contributed by atoms with E-state index < -0.39 is 0 Å². The number of hydrogen-bond acceptors (Lipinski definition) is 2. The van der Waals surface area contributed by atoms with Crippen LogP contribution in [0.5, 0.6) is 23.0 Å². The Bertz CT molecular complexity index is 2650. The molecule has 0 amide bonds. The van der Waals surface area contributed by atoms with Crippen LogP contribution in [0, 0.1) is 0 Å². The summed E-state index contributed by atoms with van der Waals surface area (Å²) in [6, 6.07) is 53.9. The molecule has 0 N–H and O–H groups in total. The Kier molecular flexibility index (Phi) is 4.89. The summed E-state index contributed by atoms with van der Waals surface area (Å²) in [7, 11) is 0. The second-order valence-electron chi connectivity index (χ2n) is 12.5. The number of para-hydroxylation sites is 6. The average Bonchev–Trinajstić information content (AvgIpc) is 3.65. The third-order valence-corrected chi connectivity index (χ3v) is 10.0. The van der Waals surface area contributed by atoms with Gasteiger partial charge in [0.05, 0.1) is 33.4 Å². The molecule has 7 aromatic carbocycles. The van der Waals surface area contributed by atoms with Crippen molar-refractivity contribution in [2.75, 3.05) is 0 Å². The minimum atomic E-state index is 0.0373. The number of fused-ring (bicyclic) bond motifs is 10. The van der Waals surface area contributed by atoms with Crippen LogP contribution in [0.3, 0.4) is 0 Å². The number of aromatic nitrogens is 2. The van der Waals surface area contributed by atoms with E-state index in [0.717, 1.165) is 61.8 Å². The largest absolute Gasteiger partial charge is 0.458 e. The van der Waals surface area contributed by atoms with Crippen molar-refractivity contribution >= 4 is 66.7 Å². The monoisotopic (exact) mass is 600 g/mol. The molecule has 0 saturated carbocycles. The van der Waals surface area contributed by atoms with E-state index >= 15 is 0 Å². The van der Waals surface area contributed by atoms with Crippen LogP contribution in [0.25, 0.3) is 55.0 Å². The van der Waals surface area contributed by atoms with Crippen LogP contribution in [-0.2, 0) is 0 Å². The van der Waals surface area contributed by atoms with Crippen LogP contribution in [0.4, 0.5) is 0 Å². The smallest absolute Gasteiger partial charge is 0.260 e. The lowest BCUT2D eigenvalue weighted by atomic mass is 9.35. The van der Waals surface area contributed by atoms with Crippen LogP contribution in [0.15, 0.2) is 152 Å². The predicted octanol–water partition coefficient (Wildman–Crippen LogP) is 8.61. The molecule has 4 heterocycles. The van der Waals surface area contributed by atoms with E-state index in [1.165, 1.54) is 32.6 Å². The van der Waals surface area contributed by atoms with Crippen molar-refractivity contribution in [3.63, 3.8) is 0 Å². The van der Waals surface area contributed by atoms with E-state index in [9.17, 15) is 0 Å². The van der Waals surface area contributed by atoms with Crippen molar-refractivity contribution in [2.24, 2.45) is 0 Å². The van der Waals surface area contributed by atoms with E-state index in [1.54, 1.807) is 0 Å². The molecule has 0 spiro atoms. The Morgan fingerprint density at radius 3 is 1.47 bits per heavy atom. The molecular weight excluding hydrogens is 575 g/mol. The molecule has 0 saturated heterocycles. The normalized spacial score (nSPS) is 13.0. The molecule has 2 aliphatic rings. The molecule has 9 aromatic rings. The van der Waals surface area contributed by atoms with E-state index in [4.69, 9.17) is 9.47 Å². The van der Waals surface area contributed by atoms with E-state index in [-0.39, 0.29) is 6.71 Å². The van der Waals surface area contributed by atoms with Crippen molar-refractivity contribution in [1.29, 1.82) is 0 Å². The molecule has 0 bridgehead atoms. The van der Waals surface area contributed by atoms with Crippen molar-refractivity contribution in [3.8, 4) is 34.4 Å². The maximum absolute atomic E-state index is 6.72. The molecule has 218 valence electrons. The lowest BCUT2D eigenvalue weighted by Crippen LogP contribution is -2.57. The van der Waals surface area contributed by atoms with Gasteiger partial charge >= 0.3 is 0 Å². The third-order valence-electron chi connectivity index (χ3n) is 10.0. The molecule has 4 nitrogen and oxygen atoms in total. The molecule has 0 unspecified atom stereocenters. The predicted molar refractivity (Wildman–Crippen MR) is 193 cm³/mol. The topological polar surface area (TPSA) is 28.3 Å². The quantitative estimate of drug-likeness (QED) is 0.186. The average molecular weight is 600 g/mol. The number of nitrogens with zero attached hydrogens (tertiary/aromatic N) is 2. The van der Waals surface area contributed by atoms with Gasteiger partial charge in [0.1, 0.15) is 23.0 Å². The fraction of sp³-hybridized carbons (Fsp3) is 0. The Labute approximate surface area is 270 Å². The van der Waals surface area contributed by atoms with Gasteiger partial charge in [-0.3, -0.25) is 0 Å². The van der Waals surface area contributed by atoms with Crippen LogP contribution in [0.2, 0.25) is 0 Å². The van der Waals surface area contributed by atoms with Gasteiger partial charge in [0.25, 0.3) is 6.71 Å². The maximum atomic E-state index is 6.72. The molecule has 2 aliphatic heterocycles. The summed E-state index contributed by atoms with van der Waals surface area (Å²) in [5.41, 5.74) is 10.2. The molecule has 2 aromatic heterocycles. The zero-order valence-corrected chi connectivity index (χ0v) is 25.2. The summed E-state index contributed by atoms with van der Waals surface area (Å²) in [4.78, 5) is 0. The number of ether oxygens (including phenoxy) is 2. The van der Waals surface area contributed by atoms with Crippen LogP contribution in [0.1, 0.15) is 0 Å². The molecular formula is C42H25BN2O2. The Balaban J connectivity index is 1.25. The highest BCUT2D eigenvalue weighted by atomic mass is 16.5. The Morgan fingerprint density at radius 2 is 0.872 bits per heavy atom. The van der Waals surface area contributed by atoms with Gasteiger partial charge in [-0.05, 0) is 47.3 Å². The van der Waals surface area contributed by atoms with E-state index in [1.807, 2.05) is 12.1 Å². The first kappa shape index (κ1) is 25.0. The summed E-state index contributed by atoms with van der Waals surface area (Å²) >= 11 is 0. The Hall–Kier alpha value is -6.20. The zero-order valence-electron chi connectivity index (χ0n) is 25.2. The van der Waals surface area contributed by atoms with Crippen molar-refractivity contribution in [1.82, 2.24) is 9.13 Å². The highest BCUT2D eigenvalue weighted by molar-refractivity contribution is 6.98. The van der Waals surface area contributed by atoms with Gasteiger partial charge in [-0.15, -0.1) is 0 Å². The summed E-state index contributed by atoms with van der Waals surface area (Å²) in [5.74, 6) is 3.43. The van der Waals surface area contributed by atoms with Crippen LogP contribution in [-0.4, -0.2) is 15.8 Å². The second kappa shape index (κ2) is 9.18. The standard InChI is InChI=1S/C42H25BN2O2/c1-7-19-34-27(12-1)28-13-2-8-20-35(28)45(34)36-21-11-15-30-29-14-3-6-18-33(29)44(42(30)36)26-24-39-41-40(25-26)47-38-23-10-5-17-32(38)43(41)31-16-4-9-22-37(31)46-39/h1-25H. The third kappa shape index (κ3) is 3.32. The van der Waals surface area contributed by atoms with Gasteiger partial charge in [0.15, 0.2) is 0 Å². The van der Waals surface area contributed by atoms with Crippen molar-refractivity contribution < 1.29 is 9.47 Å². The molecule has 0 aliphatic carbocycles. The van der Waals surface area contributed by atoms with Crippen LogP contribution >= 0.6 is 0 Å². The van der Waals surface area contributed by atoms with Crippen molar-refractivity contribution in [3.05, 3.63) is 152 Å². The van der Waals surface area contributed by atoms with Crippen LogP contribution < -0.4 is 25.9 Å². The number of benzene rings is 7. The second-order valence-corrected chi connectivity index (χ2v) is 12.5. The number of rotatable bonds is 2. The molecule has 47 heavy (non-hydrogen) atoms. The summed E-state index contributed by atoms with van der Waals surface area (Å²) in [6.07, 6.45) is 0. The minimum absolute atomic E-state index is 0.0373. The van der Waals surface area contributed by atoms with Gasteiger partial charge in [0.2, 0.25) is 0 Å². The summed E-state index contributed by atoms with van der Waals surface area (Å²) < 4.78 is 18.3. The van der Waals surface area contributed by atoms with Gasteiger partial charge in [-0.25, -0.2) is 0 Å². The molecule has 0 fully saturated rings. The minimum Gasteiger partial charge on any atom is -0.458 e. The SMILES string of the molecule is c1ccc2c(c1)Oc1cc(-n3c4ccccc4c4cccc(-n5c6ccccc6c6ccccc65)c43)cc3c1B2c1ccccc1O3. The molecule has 0 atom stereocenters. The first-order valence-electron chi connectivity index (χ1n) is 16.1. The molecule has 5 heteroatoms. The first-order valence-corrected chi connectivity index (χ1v) is 16.1.